The van der Waals surface area contributed by atoms with Crippen molar-refractivity contribution in [3.05, 3.63) is 29.8 Å². The molecule has 0 atom stereocenters. The van der Waals surface area contributed by atoms with Crippen LogP contribution in [0.3, 0.4) is 0 Å². The lowest BCUT2D eigenvalue weighted by molar-refractivity contribution is 0.0692. The van der Waals surface area contributed by atoms with Gasteiger partial charge in [-0.25, -0.2) is 21.6 Å². The Morgan fingerprint density at radius 1 is 1.20 bits per heavy atom. The number of aromatic carboxylic acids is 1. The zero-order chi connectivity index (χ0) is 15.6. The number of rotatable bonds is 6. The third-order valence-electron chi connectivity index (χ3n) is 2.58. The van der Waals surface area contributed by atoms with Gasteiger partial charge in [0, 0.05) is 19.8 Å². The Kier molecular flexibility index (Phi) is 4.90. The van der Waals surface area contributed by atoms with Crippen molar-refractivity contribution in [1.82, 2.24) is 4.31 Å². The van der Waals surface area contributed by atoms with Gasteiger partial charge in [-0.2, -0.15) is 4.31 Å². The predicted octanol–water partition coefficient (Wildman–Crippen LogP) is 0.0499. The maximum atomic E-state index is 12.2. The van der Waals surface area contributed by atoms with Gasteiger partial charge in [-0.3, -0.25) is 0 Å². The van der Waals surface area contributed by atoms with E-state index in [0.717, 1.165) is 10.6 Å². The summed E-state index contributed by atoms with van der Waals surface area (Å²) in [5.41, 5.74) is -0.348. The molecule has 0 saturated heterocycles. The summed E-state index contributed by atoms with van der Waals surface area (Å²) in [6.07, 6.45) is 0.999. The van der Waals surface area contributed by atoms with Crippen molar-refractivity contribution in [3.63, 3.8) is 0 Å². The molecule has 0 bridgehead atoms. The molecule has 1 aromatic carbocycles. The van der Waals surface area contributed by atoms with Gasteiger partial charge in [0.15, 0.2) is 0 Å². The van der Waals surface area contributed by atoms with Crippen LogP contribution in [0.15, 0.2) is 29.2 Å². The molecule has 1 N–H and O–H groups in total. The Bertz CT molecular complexity index is 708. The molecule has 7 nitrogen and oxygen atoms in total. The lowest BCUT2D eigenvalue weighted by Gasteiger charge is -2.17. The zero-order valence-corrected chi connectivity index (χ0v) is 12.6. The molecule has 0 spiro atoms. The number of carboxylic acid groups (broad SMARTS) is 1. The van der Waals surface area contributed by atoms with E-state index in [0.29, 0.717) is 0 Å². The Morgan fingerprint density at radius 3 is 2.25 bits per heavy atom. The van der Waals surface area contributed by atoms with Crippen molar-refractivity contribution in [3.8, 4) is 0 Å². The summed E-state index contributed by atoms with van der Waals surface area (Å²) in [4.78, 5) is 10.7. The van der Waals surface area contributed by atoms with Gasteiger partial charge in [-0.15, -0.1) is 0 Å². The first-order chi connectivity index (χ1) is 9.05. The molecule has 0 aliphatic carbocycles. The van der Waals surface area contributed by atoms with Crippen LogP contribution in [-0.4, -0.2) is 57.8 Å². The van der Waals surface area contributed by atoms with Crippen molar-refractivity contribution in [2.75, 3.05) is 25.6 Å². The van der Waals surface area contributed by atoms with Gasteiger partial charge in [0.1, 0.15) is 9.84 Å². The second kappa shape index (κ2) is 5.90. The van der Waals surface area contributed by atoms with Crippen molar-refractivity contribution >= 4 is 25.8 Å². The van der Waals surface area contributed by atoms with Crippen LogP contribution >= 0.6 is 0 Å². The summed E-state index contributed by atoms with van der Waals surface area (Å²) in [6.45, 7) is -0.241. The molecule has 1 rings (SSSR count). The number of carbonyl (C=O) groups is 1. The molecule has 0 radical (unpaired) electrons. The Balaban J connectivity index is 3.14. The predicted molar refractivity (Wildman–Crippen MR) is 72.9 cm³/mol. The third kappa shape index (κ3) is 4.02. The standard InChI is InChI=1S/C11H15NO6S2/c1-12(7-8-19(2,15)16)20(17,18)10-6-4-3-5-9(10)11(13)14/h3-6H,7-8H2,1-2H3,(H,13,14). The molecule has 0 aliphatic rings. The van der Waals surface area contributed by atoms with E-state index in [2.05, 4.69) is 0 Å². The van der Waals surface area contributed by atoms with Crippen LogP contribution < -0.4 is 0 Å². The molecule has 0 amide bonds. The molecule has 0 fully saturated rings. The highest BCUT2D eigenvalue weighted by Crippen LogP contribution is 2.19. The van der Waals surface area contributed by atoms with E-state index < -0.39 is 25.8 Å². The molecular formula is C11H15NO6S2. The minimum atomic E-state index is -4.05. The van der Waals surface area contributed by atoms with Crippen molar-refractivity contribution in [2.24, 2.45) is 0 Å². The third-order valence-corrected chi connectivity index (χ3v) is 5.42. The van der Waals surface area contributed by atoms with E-state index >= 15 is 0 Å². The summed E-state index contributed by atoms with van der Waals surface area (Å²) >= 11 is 0. The van der Waals surface area contributed by atoms with Gasteiger partial charge < -0.3 is 5.11 Å². The molecule has 1 aromatic rings. The maximum Gasteiger partial charge on any atom is 0.337 e. The first-order valence-electron chi connectivity index (χ1n) is 5.52. The molecule has 0 aliphatic heterocycles. The fourth-order valence-electron chi connectivity index (χ4n) is 1.45. The van der Waals surface area contributed by atoms with Crippen molar-refractivity contribution in [1.29, 1.82) is 0 Å². The highest BCUT2D eigenvalue weighted by atomic mass is 32.2. The first-order valence-corrected chi connectivity index (χ1v) is 9.02. The van der Waals surface area contributed by atoms with Gasteiger partial charge >= 0.3 is 5.97 Å². The Hall–Kier alpha value is -1.45. The fraction of sp³-hybridized carbons (Fsp3) is 0.364. The molecule has 0 saturated carbocycles. The largest absolute Gasteiger partial charge is 0.478 e. The number of hydrogen-bond donors (Lipinski definition) is 1. The van der Waals surface area contributed by atoms with E-state index in [1.54, 1.807) is 0 Å². The first kappa shape index (κ1) is 16.6. The summed E-state index contributed by atoms with van der Waals surface area (Å²) < 4.78 is 47.4. The summed E-state index contributed by atoms with van der Waals surface area (Å²) in [6, 6.07) is 5.18. The minimum Gasteiger partial charge on any atom is -0.478 e. The topological polar surface area (TPSA) is 109 Å². The highest BCUT2D eigenvalue weighted by Gasteiger charge is 2.26. The van der Waals surface area contributed by atoms with Crippen LogP contribution in [0.25, 0.3) is 0 Å². The lowest BCUT2D eigenvalue weighted by atomic mass is 10.2. The van der Waals surface area contributed by atoms with Crippen molar-refractivity contribution in [2.45, 2.75) is 4.90 Å². The average molecular weight is 321 g/mol. The van der Waals surface area contributed by atoms with E-state index in [-0.39, 0.29) is 22.8 Å². The minimum absolute atomic E-state index is 0.241. The average Bonchev–Trinajstić information content (AvgIpc) is 2.34. The van der Waals surface area contributed by atoms with Gasteiger partial charge in [0.25, 0.3) is 0 Å². The van der Waals surface area contributed by atoms with E-state index in [1.165, 1.54) is 31.3 Å². The molecule has 112 valence electrons. The number of benzene rings is 1. The second-order valence-corrected chi connectivity index (χ2v) is 8.53. The van der Waals surface area contributed by atoms with E-state index in [1.807, 2.05) is 0 Å². The molecule has 20 heavy (non-hydrogen) atoms. The zero-order valence-electron chi connectivity index (χ0n) is 11.0. The van der Waals surface area contributed by atoms with Crippen LogP contribution in [0.4, 0.5) is 0 Å². The van der Waals surface area contributed by atoms with Crippen molar-refractivity contribution < 1.29 is 26.7 Å². The van der Waals surface area contributed by atoms with Gasteiger partial charge in [0.2, 0.25) is 10.0 Å². The van der Waals surface area contributed by atoms with Crippen LogP contribution in [0, 0.1) is 0 Å². The van der Waals surface area contributed by atoms with E-state index in [4.69, 9.17) is 5.11 Å². The summed E-state index contributed by atoms with van der Waals surface area (Å²) in [5, 5.41) is 8.99. The normalized spacial score (nSPS) is 12.6. The Morgan fingerprint density at radius 2 is 1.75 bits per heavy atom. The fourth-order valence-corrected chi connectivity index (χ4v) is 3.52. The lowest BCUT2D eigenvalue weighted by Crippen LogP contribution is -2.32. The smallest absolute Gasteiger partial charge is 0.337 e. The van der Waals surface area contributed by atoms with E-state index in [9.17, 15) is 21.6 Å². The number of nitrogens with zero attached hydrogens (tertiary/aromatic N) is 1. The molecule has 9 heteroatoms. The molecule has 0 heterocycles. The molecular weight excluding hydrogens is 306 g/mol. The van der Waals surface area contributed by atoms with Crippen LogP contribution in [0.1, 0.15) is 10.4 Å². The number of sulfone groups is 1. The highest BCUT2D eigenvalue weighted by molar-refractivity contribution is 7.91. The monoisotopic (exact) mass is 321 g/mol. The maximum absolute atomic E-state index is 12.2. The summed E-state index contributed by atoms with van der Waals surface area (Å²) in [5.74, 6) is -1.70. The molecule has 0 unspecified atom stereocenters. The summed E-state index contributed by atoms with van der Waals surface area (Å²) in [7, 11) is -6.15. The van der Waals surface area contributed by atoms with Crippen LogP contribution in [0.5, 0.6) is 0 Å². The second-order valence-electron chi connectivity index (χ2n) is 4.26. The Labute approximate surface area is 117 Å². The number of sulfonamides is 1. The van der Waals surface area contributed by atoms with Gasteiger partial charge in [0.05, 0.1) is 16.2 Å². The number of hydrogen-bond acceptors (Lipinski definition) is 5. The van der Waals surface area contributed by atoms with Gasteiger partial charge in [-0.1, -0.05) is 12.1 Å². The van der Waals surface area contributed by atoms with Gasteiger partial charge in [-0.05, 0) is 12.1 Å². The van der Waals surface area contributed by atoms with Crippen LogP contribution in [-0.2, 0) is 19.9 Å². The SMILES string of the molecule is CN(CCS(C)(=O)=O)S(=O)(=O)c1ccccc1C(=O)O. The number of carboxylic acids is 1. The van der Waals surface area contributed by atoms with Crippen LogP contribution in [0.2, 0.25) is 0 Å². The quantitative estimate of drug-likeness (QED) is 0.793. The molecule has 0 aromatic heterocycles.